The highest BCUT2D eigenvalue weighted by Gasteiger charge is 2.22. The fraction of sp³-hybridized carbons (Fsp3) is 0.200. The Morgan fingerprint density at radius 3 is 2.24 bits per heavy atom. The molecule has 0 aliphatic rings. The highest BCUT2D eigenvalue weighted by Crippen LogP contribution is 2.25. The van der Waals surface area contributed by atoms with Crippen molar-refractivity contribution in [3.63, 3.8) is 0 Å². The van der Waals surface area contributed by atoms with E-state index in [4.69, 9.17) is 11.6 Å². The summed E-state index contributed by atoms with van der Waals surface area (Å²) in [6.45, 7) is 1.61. The third-order valence-electron chi connectivity index (χ3n) is 3.40. The van der Waals surface area contributed by atoms with E-state index in [2.05, 4.69) is 4.72 Å². The lowest BCUT2D eigenvalue weighted by Crippen LogP contribution is -2.23. The molecule has 1 N–H and O–H groups in total. The van der Waals surface area contributed by atoms with Gasteiger partial charge in [0.1, 0.15) is 5.82 Å². The highest BCUT2D eigenvalue weighted by atomic mass is 35.5. The molecule has 0 aliphatic carbocycles. The van der Waals surface area contributed by atoms with Crippen LogP contribution in [0.2, 0.25) is 5.02 Å². The molecule has 0 aliphatic heterocycles. The van der Waals surface area contributed by atoms with Crippen LogP contribution in [0.3, 0.4) is 0 Å². The largest absolute Gasteiger partial charge is 0.280 e. The van der Waals surface area contributed by atoms with Gasteiger partial charge < -0.3 is 0 Å². The van der Waals surface area contributed by atoms with Crippen LogP contribution in [-0.2, 0) is 20.0 Å². The molecule has 2 aromatic carbocycles. The maximum Gasteiger partial charge on any atom is 0.261 e. The van der Waals surface area contributed by atoms with Crippen molar-refractivity contribution < 1.29 is 21.2 Å². The molecule has 0 bridgehead atoms. The van der Waals surface area contributed by atoms with E-state index in [1.165, 1.54) is 32.3 Å². The smallest absolute Gasteiger partial charge is 0.261 e. The third kappa shape index (κ3) is 4.12. The average Bonchev–Trinajstić information content (AvgIpc) is 2.51. The Morgan fingerprint density at radius 1 is 1.04 bits per heavy atom. The minimum Gasteiger partial charge on any atom is -0.280 e. The molecule has 10 heteroatoms. The summed E-state index contributed by atoms with van der Waals surface area (Å²) >= 11 is 5.61. The van der Waals surface area contributed by atoms with Gasteiger partial charge in [0.15, 0.2) is 0 Å². The molecule has 0 radical (unpaired) electrons. The molecule has 0 unspecified atom stereocenters. The number of anilines is 1. The van der Waals surface area contributed by atoms with E-state index in [0.29, 0.717) is 5.56 Å². The Balaban J connectivity index is 2.45. The van der Waals surface area contributed by atoms with Gasteiger partial charge in [-0.1, -0.05) is 17.7 Å². The molecule has 2 rings (SSSR count). The Kier molecular flexibility index (Phi) is 5.43. The van der Waals surface area contributed by atoms with Crippen LogP contribution in [0.1, 0.15) is 5.56 Å². The van der Waals surface area contributed by atoms with Crippen LogP contribution in [0.15, 0.2) is 46.2 Å². The molecule has 2 aromatic rings. The van der Waals surface area contributed by atoms with E-state index in [0.717, 1.165) is 22.5 Å². The van der Waals surface area contributed by atoms with Crippen molar-refractivity contribution in [1.29, 1.82) is 0 Å². The zero-order valence-corrected chi connectivity index (χ0v) is 16.0. The maximum absolute atomic E-state index is 13.2. The second-order valence-corrected chi connectivity index (χ2v) is 9.66. The second-order valence-electron chi connectivity index (χ2n) is 5.45. The summed E-state index contributed by atoms with van der Waals surface area (Å²) in [6.07, 6.45) is 0. The van der Waals surface area contributed by atoms with Crippen molar-refractivity contribution in [1.82, 2.24) is 4.31 Å². The van der Waals surface area contributed by atoms with Crippen molar-refractivity contribution in [2.75, 3.05) is 18.8 Å². The van der Waals surface area contributed by atoms with Crippen LogP contribution < -0.4 is 4.72 Å². The number of aryl methyl sites for hydroxylation is 1. The van der Waals surface area contributed by atoms with Crippen molar-refractivity contribution in [3.05, 3.63) is 52.8 Å². The molecular weight excluding hydrogens is 391 g/mol. The SMILES string of the molecule is Cc1ccc(NS(=O)(=O)c2ccc(F)c(Cl)c2)cc1S(=O)(=O)N(C)C. The Hall–Kier alpha value is -1.68. The number of nitrogens with one attached hydrogen (secondary N) is 1. The number of hydrogen-bond acceptors (Lipinski definition) is 4. The van der Waals surface area contributed by atoms with Gasteiger partial charge in [-0.05, 0) is 42.8 Å². The van der Waals surface area contributed by atoms with Crippen molar-refractivity contribution in [3.8, 4) is 0 Å². The van der Waals surface area contributed by atoms with Crippen LogP contribution >= 0.6 is 11.6 Å². The standard InChI is InChI=1S/C15H16ClFN2O4S2/c1-10-4-5-11(8-15(10)25(22,23)19(2)3)18-24(20,21)12-6-7-14(17)13(16)9-12/h4-9,18H,1-3H3. The predicted octanol–water partition coefficient (Wildman–Crippen LogP) is 2.84. The first-order chi connectivity index (χ1) is 11.4. The average molecular weight is 407 g/mol. The predicted molar refractivity (Wildman–Crippen MR) is 94.3 cm³/mol. The fourth-order valence-electron chi connectivity index (χ4n) is 2.00. The van der Waals surface area contributed by atoms with Gasteiger partial charge in [-0.25, -0.2) is 25.5 Å². The zero-order chi connectivity index (χ0) is 19.0. The first kappa shape index (κ1) is 19.6. The third-order valence-corrected chi connectivity index (χ3v) is 7.03. The number of rotatable bonds is 5. The first-order valence-electron chi connectivity index (χ1n) is 6.96. The summed E-state index contributed by atoms with van der Waals surface area (Å²) in [5.41, 5.74) is 0.535. The first-order valence-corrected chi connectivity index (χ1v) is 10.3. The zero-order valence-electron chi connectivity index (χ0n) is 13.6. The minimum absolute atomic E-state index is 0.0187. The number of sulfonamides is 2. The lowest BCUT2D eigenvalue weighted by molar-refractivity contribution is 0.520. The Morgan fingerprint density at radius 2 is 1.68 bits per heavy atom. The van der Waals surface area contributed by atoms with E-state index >= 15 is 0 Å². The molecule has 0 aromatic heterocycles. The molecule has 0 amide bonds. The lowest BCUT2D eigenvalue weighted by atomic mass is 10.2. The molecule has 0 atom stereocenters. The topological polar surface area (TPSA) is 83.5 Å². The number of hydrogen-bond donors (Lipinski definition) is 1. The normalized spacial score (nSPS) is 12.4. The Bertz CT molecular complexity index is 1020. The van der Waals surface area contributed by atoms with E-state index in [1.54, 1.807) is 6.92 Å². The monoisotopic (exact) mass is 406 g/mol. The second kappa shape index (κ2) is 6.91. The van der Waals surface area contributed by atoms with Crippen molar-refractivity contribution in [2.45, 2.75) is 16.7 Å². The van der Waals surface area contributed by atoms with Crippen LogP contribution in [0.25, 0.3) is 0 Å². The van der Waals surface area contributed by atoms with Gasteiger partial charge in [0, 0.05) is 14.1 Å². The molecule has 0 saturated heterocycles. The molecule has 6 nitrogen and oxygen atoms in total. The van der Waals surface area contributed by atoms with Crippen LogP contribution in [-0.4, -0.2) is 35.2 Å². The number of nitrogens with zero attached hydrogens (tertiary/aromatic N) is 1. The van der Waals surface area contributed by atoms with Crippen LogP contribution in [0.4, 0.5) is 10.1 Å². The van der Waals surface area contributed by atoms with Crippen molar-refractivity contribution >= 4 is 37.3 Å². The van der Waals surface area contributed by atoms with Gasteiger partial charge in [-0.2, -0.15) is 0 Å². The van der Waals surface area contributed by atoms with Gasteiger partial charge >= 0.3 is 0 Å². The Labute approximate surface area is 151 Å². The van der Waals surface area contributed by atoms with Gasteiger partial charge in [0.2, 0.25) is 10.0 Å². The summed E-state index contributed by atoms with van der Waals surface area (Å²) in [5.74, 6) is -0.740. The quantitative estimate of drug-likeness (QED) is 0.827. The van der Waals surface area contributed by atoms with E-state index in [-0.39, 0.29) is 20.5 Å². The molecule has 0 saturated carbocycles. The highest BCUT2D eigenvalue weighted by molar-refractivity contribution is 7.92. The van der Waals surface area contributed by atoms with E-state index in [1.807, 2.05) is 0 Å². The van der Waals surface area contributed by atoms with Crippen molar-refractivity contribution in [2.24, 2.45) is 0 Å². The van der Waals surface area contributed by atoms with Gasteiger partial charge in [-0.15, -0.1) is 0 Å². The molecule has 0 fully saturated rings. The molecular formula is C15H16ClFN2O4S2. The van der Waals surface area contributed by atoms with Gasteiger partial charge in [0.05, 0.1) is 20.5 Å². The minimum atomic E-state index is -4.06. The lowest BCUT2D eigenvalue weighted by Gasteiger charge is -2.15. The molecule has 0 spiro atoms. The maximum atomic E-state index is 13.2. The summed E-state index contributed by atoms with van der Waals surface area (Å²) in [7, 11) is -5.03. The summed E-state index contributed by atoms with van der Waals surface area (Å²) in [5, 5.41) is -0.331. The van der Waals surface area contributed by atoms with E-state index in [9.17, 15) is 21.2 Å². The van der Waals surface area contributed by atoms with Crippen LogP contribution in [0.5, 0.6) is 0 Å². The summed E-state index contributed by atoms with van der Waals surface area (Å²) in [4.78, 5) is -0.258. The summed E-state index contributed by atoms with van der Waals surface area (Å²) < 4.78 is 65.9. The van der Waals surface area contributed by atoms with Gasteiger partial charge in [0.25, 0.3) is 10.0 Å². The fourth-order valence-corrected chi connectivity index (χ4v) is 4.46. The molecule has 0 heterocycles. The molecule has 136 valence electrons. The summed E-state index contributed by atoms with van der Waals surface area (Å²) in [6, 6.07) is 7.14. The molecule has 25 heavy (non-hydrogen) atoms. The van der Waals surface area contributed by atoms with Crippen LogP contribution in [0, 0.1) is 12.7 Å². The van der Waals surface area contributed by atoms with Gasteiger partial charge in [-0.3, -0.25) is 4.72 Å². The number of halogens is 2. The number of benzene rings is 2. The van der Waals surface area contributed by atoms with E-state index < -0.39 is 25.9 Å².